The Morgan fingerprint density at radius 1 is 0.676 bits per heavy atom. The predicted molar refractivity (Wildman–Crippen MR) is 166 cm³/mol. The molecule has 0 saturated carbocycles. The second-order valence-electron chi connectivity index (χ2n) is 12.4. The molecule has 0 aliphatic rings. The molecule has 37 heavy (non-hydrogen) atoms. The second-order valence-corrected chi connectivity index (χ2v) is 17.2. The number of carboxylic acids is 1. The van der Waals surface area contributed by atoms with E-state index in [9.17, 15) is 4.79 Å². The number of rotatable bonds is 18. The first-order valence-corrected chi connectivity index (χ1v) is 17.2. The minimum Gasteiger partial charge on any atom is -0.481 e. The summed E-state index contributed by atoms with van der Waals surface area (Å²) in [5, 5.41) is 9.29. The normalized spacial score (nSPS) is 14.2. The van der Waals surface area contributed by atoms with Crippen molar-refractivity contribution in [3.05, 3.63) is 58.2 Å². The smallest absolute Gasteiger partial charge is 0.303 e. The van der Waals surface area contributed by atoms with Gasteiger partial charge in [-0.15, -0.1) is 0 Å². The lowest BCUT2D eigenvalue weighted by Gasteiger charge is -2.36. The van der Waals surface area contributed by atoms with Crippen LogP contribution in [-0.4, -0.2) is 26.0 Å². The van der Waals surface area contributed by atoms with Gasteiger partial charge in [-0.25, -0.2) is 0 Å². The molecule has 0 bridgehead atoms. The average molecular weight is 531 g/mol. The third-order valence-corrected chi connectivity index (χ3v) is 11.8. The van der Waals surface area contributed by atoms with Crippen LogP contribution in [-0.2, 0) is 9.22 Å². The van der Waals surface area contributed by atoms with Crippen molar-refractivity contribution in [2.45, 2.75) is 138 Å². The van der Waals surface area contributed by atoms with E-state index in [0.29, 0.717) is 13.0 Å². The highest BCUT2D eigenvalue weighted by atomic mass is 28.4. The third-order valence-electron chi connectivity index (χ3n) is 7.33. The van der Waals surface area contributed by atoms with Crippen molar-refractivity contribution in [2.24, 2.45) is 0 Å². The minimum atomic E-state index is -1.85. The molecule has 0 aromatic heterocycles. The zero-order chi connectivity index (χ0) is 28.5. The van der Waals surface area contributed by atoms with Crippen molar-refractivity contribution in [1.82, 2.24) is 0 Å². The third kappa shape index (κ3) is 19.1. The molecular formula is C33H58O3Si. The maximum Gasteiger partial charge on any atom is 0.303 e. The Balaban J connectivity index is 4.59. The standard InChI is InChI=1S/C33H58O3Si/c1-27(2)16-13-19-30(5)21-14-20-28(3)17-11-12-18-29(4)22-15-23-31(24-25-32(34)35)26-36-37(9,10)33(6,7)8/h16-18,21,23H,11-15,19-20,22,24-26H2,1-10H3,(H,34,35)/b28-17+,29-18+,30-21+,31-23-. The van der Waals surface area contributed by atoms with Gasteiger partial charge in [-0.05, 0) is 116 Å². The minimum absolute atomic E-state index is 0.151. The summed E-state index contributed by atoms with van der Waals surface area (Å²) in [6.07, 6.45) is 21.1. The van der Waals surface area contributed by atoms with E-state index >= 15 is 0 Å². The summed E-state index contributed by atoms with van der Waals surface area (Å²) in [7, 11) is -1.85. The number of aliphatic carboxylic acids is 1. The molecule has 3 nitrogen and oxygen atoms in total. The molecule has 0 amide bonds. The van der Waals surface area contributed by atoms with Crippen molar-refractivity contribution in [2.75, 3.05) is 6.61 Å². The van der Waals surface area contributed by atoms with Crippen LogP contribution in [0.5, 0.6) is 0 Å². The lowest BCUT2D eigenvalue weighted by molar-refractivity contribution is -0.136. The molecule has 0 aromatic carbocycles. The monoisotopic (exact) mass is 530 g/mol. The fraction of sp³-hybridized carbons (Fsp3) is 0.667. The first-order chi connectivity index (χ1) is 17.1. The van der Waals surface area contributed by atoms with Gasteiger partial charge in [-0.2, -0.15) is 0 Å². The largest absolute Gasteiger partial charge is 0.481 e. The van der Waals surface area contributed by atoms with Crippen LogP contribution >= 0.6 is 0 Å². The molecule has 0 saturated heterocycles. The topological polar surface area (TPSA) is 46.5 Å². The van der Waals surface area contributed by atoms with Crippen molar-refractivity contribution in [1.29, 1.82) is 0 Å². The molecule has 0 fully saturated rings. The number of carbonyl (C=O) groups is 1. The van der Waals surface area contributed by atoms with Crippen molar-refractivity contribution < 1.29 is 14.3 Å². The van der Waals surface area contributed by atoms with Gasteiger partial charge in [0.25, 0.3) is 0 Å². The molecule has 0 radical (unpaired) electrons. The zero-order valence-corrected chi connectivity index (χ0v) is 26.9. The van der Waals surface area contributed by atoms with Crippen LogP contribution in [0.2, 0.25) is 18.1 Å². The molecule has 0 atom stereocenters. The van der Waals surface area contributed by atoms with Crippen LogP contribution in [0.3, 0.4) is 0 Å². The molecule has 0 rings (SSSR count). The van der Waals surface area contributed by atoms with Crippen molar-refractivity contribution in [3.63, 3.8) is 0 Å². The lowest BCUT2D eigenvalue weighted by Crippen LogP contribution is -2.41. The Labute approximate surface area is 231 Å². The van der Waals surface area contributed by atoms with Gasteiger partial charge in [0.2, 0.25) is 0 Å². The SMILES string of the molecule is CC(C)=CCC/C(C)=C/CC/C(C)=C/CC/C=C(\C)CC/C=C(/CCC(=O)O)CO[Si](C)(C)C(C)(C)C. The fourth-order valence-electron chi connectivity index (χ4n) is 3.59. The number of unbranched alkanes of at least 4 members (excludes halogenated alkanes) is 1. The molecule has 0 aliphatic carbocycles. The van der Waals surface area contributed by atoms with Gasteiger partial charge in [0.15, 0.2) is 8.32 Å². The summed E-state index contributed by atoms with van der Waals surface area (Å²) in [6.45, 7) is 22.8. The number of allylic oxidation sites excluding steroid dienone is 9. The van der Waals surface area contributed by atoms with Crippen LogP contribution in [0.25, 0.3) is 0 Å². The van der Waals surface area contributed by atoms with E-state index in [2.05, 4.69) is 98.9 Å². The Kier molecular flexibility index (Phi) is 17.7. The van der Waals surface area contributed by atoms with Gasteiger partial charge >= 0.3 is 5.97 Å². The van der Waals surface area contributed by atoms with E-state index in [1.807, 2.05) is 0 Å². The number of hydrogen-bond donors (Lipinski definition) is 1. The highest BCUT2D eigenvalue weighted by Crippen LogP contribution is 2.37. The summed E-state index contributed by atoms with van der Waals surface area (Å²) in [4.78, 5) is 11.1. The van der Waals surface area contributed by atoms with E-state index in [1.54, 1.807) is 0 Å². The van der Waals surface area contributed by atoms with Crippen molar-refractivity contribution >= 4 is 14.3 Å². The Morgan fingerprint density at radius 2 is 1.11 bits per heavy atom. The maximum atomic E-state index is 11.1. The Bertz CT molecular complexity index is 828. The number of carboxylic acid groups (broad SMARTS) is 1. The van der Waals surface area contributed by atoms with Gasteiger partial charge in [0.05, 0.1) is 6.61 Å². The van der Waals surface area contributed by atoms with Gasteiger partial charge < -0.3 is 9.53 Å². The predicted octanol–water partition coefficient (Wildman–Crippen LogP) is 10.7. The van der Waals surface area contributed by atoms with E-state index in [-0.39, 0.29) is 11.5 Å². The highest BCUT2D eigenvalue weighted by Gasteiger charge is 2.37. The molecule has 0 spiro atoms. The molecule has 4 heteroatoms. The van der Waals surface area contributed by atoms with E-state index in [1.165, 1.54) is 22.3 Å². The quantitative estimate of drug-likeness (QED) is 0.109. The average Bonchev–Trinajstić information content (AvgIpc) is 2.77. The van der Waals surface area contributed by atoms with Gasteiger partial charge in [0, 0.05) is 6.42 Å². The van der Waals surface area contributed by atoms with E-state index in [4.69, 9.17) is 9.53 Å². The molecule has 1 N–H and O–H groups in total. The molecule has 0 unspecified atom stereocenters. The molecular weight excluding hydrogens is 472 g/mol. The second kappa shape index (κ2) is 18.6. The summed E-state index contributed by atoms with van der Waals surface area (Å²) < 4.78 is 6.37. The maximum absolute atomic E-state index is 11.1. The van der Waals surface area contributed by atoms with Crippen LogP contribution in [0.4, 0.5) is 0 Å². The van der Waals surface area contributed by atoms with Crippen LogP contribution in [0, 0.1) is 0 Å². The molecule has 0 aromatic rings. The lowest BCUT2D eigenvalue weighted by atomic mass is 10.0. The first kappa shape index (κ1) is 35.3. The summed E-state index contributed by atoms with van der Waals surface area (Å²) in [5.41, 5.74) is 6.90. The van der Waals surface area contributed by atoms with Crippen LogP contribution in [0.1, 0.15) is 120 Å². The summed E-state index contributed by atoms with van der Waals surface area (Å²) in [5.74, 6) is -0.747. The molecule has 212 valence electrons. The van der Waals surface area contributed by atoms with E-state index < -0.39 is 14.3 Å². The van der Waals surface area contributed by atoms with Crippen LogP contribution < -0.4 is 0 Å². The number of hydrogen-bond acceptors (Lipinski definition) is 2. The fourth-order valence-corrected chi connectivity index (χ4v) is 4.57. The van der Waals surface area contributed by atoms with E-state index in [0.717, 1.165) is 56.9 Å². The highest BCUT2D eigenvalue weighted by molar-refractivity contribution is 6.74. The van der Waals surface area contributed by atoms with Gasteiger partial charge in [-0.3, -0.25) is 4.79 Å². The summed E-state index contributed by atoms with van der Waals surface area (Å²) in [6, 6.07) is 0. The van der Waals surface area contributed by atoms with Gasteiger partial charge in [0.1, 0.15) is 0 Å². The molecule has 0 heterocycles. The van der Waals surface area contributed by atoms with Crippen LogP contribution in [0.15, 0.2) is 58.2 Å². The Hall–Kier alpha value is -1.65. The first-order valence-electron chi connectivity index (χ1n) is 14.3. The Morgan fingerprint density at radius 3 is 1.54 bits per heavy atom. The zero-order valence-electron chi connectivity index (χ0n) is 25.9. The summed E-state index contributed by atoms with van der Waals surface area (Å²) >= 11 is 0. The van der Waals surface area contributed by atoms with Gasteiger partial charge in [-0.1, -0.05) is 73.4 Å². The molecule has 0 aliphatic heterocycles. The van der Waals surface area contributed by atoms with Crippen molar-refractivity contribution in [3.8, 4) is 0 Å².